The van der Waals surface area contributed by atoms with E-state index in [-0.39, 0.29) is 0 Å². The summed E-state index contributed by atoms with van der Waals surface area (Å²) in [6.45, 7) is 2.77. The van der Waals surface area contributed by atoms with Gasteiger partial charge in [-0.05, 0) is 6.42 Å². The van der Waals surface area contributed by atoms with Crippen LogP contribution in [-0.2, 0) is 4.79 Å². The Morgan fingerprint density at radius 2 is 2.00 bits per heavy atom. The van der Waals surface area contributed by atoms with Gasteiger partial charge in [-0.15, -0.1) is 0 Å². The smallest absolute Gasteiger partial charge is 0.268 e. The molecule has 53 valence electrons. The van der Waals surface area contributed by atoms with Gasteiger partial charge in [-0.2, -0.15) is 0 Å². The number of rotatable bonds is 4. The molecule has 0 aromatic carbocycles. The van der Waals surface area contributed by atoms with E-state index in [9.17, 15) is 4.79 Å². The number of hydrogen-bond donors (Lipinski definition) is 0. The van der Waals surface area contributed by atoms with Crippen LogP contribution < -0.4 is 0 Å². The van der Waals surface area contributed by atoms with Crippen LogP contribution in [0.3, 0.4) is 0 Å². The summed E-state index contributed by atoms with van der Waals surface area (Å²) >= 11 is 0. The molecule has 0 heterocycles. The summed E-state index contributed by atoms with van der Waals surface area (Å²) in [6, 6.07) is 0. The van der Waals surface area contributed by atoms with Gasteiger partial charge >= 0.3 is 6.41 Å². The lowest BCUT2D eigenvalue weighted by atomic mass is 10.5. The van der Waals surface area contributed by atoms with Gasteiger partial charge in [0.25, 0.3) is 0 Å². The maximum Gasteiger partial charge on any atom is 0.327 e. The molecule has 0 aromatic heterocycles. The van der Waals surface area contributed by atoms with Gasteiger partial charge < -0.3 is 0 Å². The van der Waals surface area contributed by atoms with Crippen molar-refractivity contribution in [1.82, 2.24) is 10.0 Å². The Bertz CT molecular complexity index is 83.1. The molecular formula is C6H13N2O. The van der Waals surface area contributed by atoms with E-state index in [1.54, 1.807) is 5.01 Å². The summed E-state index contributed by atoms with van der Waals surface area (Å²) < 4.78 is 0. The standard InChI is InChI=1S/C6H13N2O/c1-4-5-8(6-9)7(2)3/h4-5H2,1-3H3. The van der Waals surface area contributed by atoms with Gasteiger partial charge in [0.05, 0.1) is 0 Å². The second kappa shape index (κ2) is 4.32. The molecule has 9 heavy (non-hydrogen) atoms. The topological polar surface area (TPSA) is 23.6 Å². The molecule has 0 saturated carbocycles. The monoisotopic (exact) mass is 129 g/mol. The van der Waals surface area contributed by atoms with Crippen LogP contribution in [-0.4, -0.2) is 37.1 Å². The average Bonchev–Trinajstić information content (AvgIpc) is 1.82. The van der Waals surface area contributed by atoms with Crippen molar-refractivity contribution >= 4 is 6.41 Å². The summed E-state index contributed by atoms with van der Waals surface area (Å²) in [6.07, 6.45) is 2.78. The van der Waals surface area contributed by atoms with Crippen molar-refractivity contribution in [1.29, 1.82) is 0 Å². The molecule has 0 aromatic rings. The second-order valence-electron chi connectivity index (χ2n) is 2.06. The van der Waals surface area contributed by atoms with Crippen LogP contribution in [0.4, 0.5) is 0 Å². The van der Waals surface area contributed by atoms with Crippen molar-refractivity contribution in [3.63, 3.8) is 0 Å². The highest BCUT2D eigenvalue weighted by atomic mass is 16.1. The minimum atomic E-state index is 0.747. The zero-order chi connectivity index (χ0) is 7.28. The van der Waals surface area contributed by atoms with Gasteiger partial charge in [0.1, 0.15) is 0 Å². The van der Waals surface area contributed by atoms with Gasteiger partial charge in [0.2, 0.25) is 0 Å². The Morgan fingerprint density at radius 3 is 2.11 bits per heavy atom. The van der Waals surface area contributed by atoms with Crippen molar-refractivity contribution < 1.29 is 4.79 Å². The van der Waals surface area contributed by atoms with Crippen molar-refractivity contribution in [3.8, 4) is 0 Å². The van der Waals surface area contributed by atoms with Crippen LogP contribution >= 0.6 is 0 Å². The molecule has 0 spiro atoms. The first-order valence-corrected chi connectivity index (χ1v) is 3.05. The summed E-state index contributed by atoms with van der Waals surface area (Å²) in [5.74, 6) is 0. The highest BCUT2D eigenvalue weighted by Crippen LogP contribution is 1.87. The maximum atomic E-state index is 10.1. The van der Waals surface area contributed by atoms with E-state index < -0.39 is 0 Å². The van der Waals surface area contributed by atoms with Crippen molar-refractivity contribution in [2.24, 2.45) is 0 Å². The highest BCUT2D eigenvalue weighted by Gasteiger charge is 2.00. The number of nitrogens with zero attached hydrogens (tertiary/aromatic N) is 2. The lowest BCUT2D eigenvalue weighted by molar-refractivity contribution is 0.105. The molecule has 0 N–H and O–H groups in total. The fourth-order valence-corrected chi connectivity index (χ4v) is 0.539. The first-order valence-electron chi connectivity index (χ1n) is 3.05. The van der Waals surface area contributed by atoms with Crippen molar-refractivity contribution in [2.45, 2.75) is 13.3 Å². The van der Waals surface area contributed by atoms with Crippen molar-refractivity contribution in [3.05, 3.63) is 0 Å². The Kier molecular flexibility index (Phi) is 4.05. The lowest BCUT2D eigenvalue weighted by Gasteiger charge is -2.22. The van der Waals surface area contributed by atoms with E-state index in [4.69, 9.17) is 0 Å². The van der Waals surface area contributed by atoms with Crippen LogP contribution in [0.2, 0.25) is 0 Å². The third kappa shape index (κ3) is 3.08. The molecule has 0 aliphatic rings. The summed E-state index contributed by atoms with van der Waals surface area (Å²) in [4.78, 5) is 10.1. The minimum absolute atomic E-state index is 0.747. The maximum absolute atomic E-state index is 10.1. The highest BCUT2D eigenvalue weighted by molar-refractivity contribution is 5.46. The fourth-order valence-electron chi connectivity index (χ4n) is 0.539. The molecule has 0 aliphatic carbocycles. The molecule has 3 heteroatoms. The first-order chi connectivity index (χ1) is 4.22. The zero-order valence-electron chi connectivity index (χ0n) is 6.22. The van der Waals surface area contributed by atoms with Gasteiger partial charge in [0, 0.05) is 20.6 Å². The molecule has 0 saturated heterocycles. The van der Waals surface area contributed by atoms with Crippen LogP contribution in [0.25, 0.3) is 0 Å². The Morgan fingerprint density at radius 1 is 1.44 bits per heavy atom. The molecular weight excluding hydrogens is 116 g/mol. The molecule has 0 atom stereocenters. The van der Waals surface area contributed by atoms with Crippen LogP contribution in [0, 0.1) is 0 Å². The van der Waals surface area contributed by atoms with E-state index in [1.807, 2.05) is 27.4 Å². The third-order valence-electron chi connectivity index (χ3n) is 1.02. The minimum Gasteiger partial charge on any atom is -0.268 e. The molecule has 3 nitrogen and oxygen atoms in total. The van der Waals surface area contributed by atoms with Gasteiger partial charge in [-0.3, -0.25) is 9.80 Å². The molecule has 0 bridgehead atoms. The second-order valence-corrected chi connectivity index (χ2v) is 2.06. The zero-order valence-corrected chi connectivity index (χ0v) is 6.22. The van der Waals surface area contributed by atoms with Crippen LogP contribution in [0.1, 0.15) is 13.3 Å². The van der Waals surface area contributed by atoms with E-state index in [1.165, 1.54) is 5.01 Å². The molecule has 1 amide bonds. The summed E-state index contributed by atoms with van der Waals surface area (Å²) in [7, 11) is 3.64. The molecule has 0 unspecified atom stereocenters. The van der Waals surface area contributed by atoms with E-state index in [0.29, 0.717) is 0 Å². The number of carbonyl (C=O) groups excluding carboxylic acids is 1. The quantitative estimate of drug-likeness (QED) is 0.401. The van der Waals surface area contributed by atoms with Gasteiger partial charge in [-0.1, -0.05) is 6.92 Å². The molecule has 0 rings (SSSR count). The lowest BCUT2D eigenvalue weighted by Crippen LogP contribution is -2.36. The predicted molar refractivity (Wildman–Crippen MR) is 36.4 cm³/mol. The summed E-state index contributed by atoms with van der Waals surface area (Å²) in [5.41, 5.74) is 0. The largest absolute Gasteiger partial charge is 0.327 e. The SMILES string of the molecule is CCCN([C]=O)N(C)C. The number of amides is 1. The fraction of sp³-hybridized carbons (Fsp3) is 0.833. The Hall–Kier alpha value is -0.570. The summed E-state index contributed by atoms with van der Waals surface area (Å²) in [5, 5.41) is 3.22. The third-order valence-corrected chi connectivity index (χ3v) is 1.02. The number of hydrazine groups is 1. The van der Waals surface area contributed by atoms with E-state index in [2.05, 4.69) is 0 Å². The van der Waals surface area contributed by atoms with Crippen LogP contribution in [0.15, 0.2) is 0 Å². The molecule has 0 fully saturated rings. The Labute approximate surface area is 56.2 Å². The van der Waals surface area contributed by atoms with Gasteiger partial charge in [0.15, 0.2) is 0 Å². The normalized spacial score (nSPS) is 9.78. The molecule has 0 aliphatic heterocycles. The van der Waals surface area contributed by atoms with E-state index in [0.717, 1.165) is 13.0 Å². The van der Waals surface area contributed by atoms with Crippen molar-refractivity contribution in [2.75, 3.05) is 20.6 Å². The van der Waals surface area contributed by atoms with Gasteiger partial charge in [-0.25, -0.2) is 5.01 Å². The van der Waals surface area contributed by atoms with E-state index >= 15 is 0 Å². The predicted octanol–water partition coefficient (Wildman–Crippen LogP) is 0.242. The Balaban J connectivity index is 3.54. The molecule has 1 radical (unpaired) electrons. The van der Waals surface area contributed by atoms with Crippen LogP contribution in [0.5, 0.6) is 0 Å². The first kappa shape index (κ1) is 8.43. The number of hydrogen-bond acceptors (Lipinski definition) is 2. The average molecular weight is 129 g/mol.